The van der Waals surface area contributed by atoms with Crippen LogP contribution in [-0.2, 0) is 16.1 Å². The van der Waals surface area contributed by atoms with Gasteiger partial charge in [-0.05, 0) is 36.0 Å². The Balaban J connectivity index is 1.84. The van der Waals surface area contributed by atoms with Crippen molar-refractivity contribution in [1.29, 1.82) is 0 Å². The number of rotatable bonds is 7. The highest BCUT2D eigenvalue weighted by atomic mass is 16.5. The highest BCUT2D eigenvalue weighted by Crippen LogP contribution is 2.33. The lowest BCUT2D eigenvalue weighted by molar-refractivity contribution is -0.117. The van der Waals surface area contributed by atoms with E-state index in [9.17, 15) is 9.59 Å². The van der Waals surface area contributed by atoms with Crippen LogP contribution in [0.4, 0.5) is 0 Å². The number of aliphatic imine (C=N–C) groups is 1. The van der Waals surface area contributed by atoms with Gasteiger partial charge in [0.2, 0.25) is 5.91 Å². The van der Waals surface area contributed by atoms with E-state index < -0.39 is 5.91 Å². The molecule has 2 amide bonds. The molecule has 1 saturated heterocycles. The second kappa shape index (κ2) is 11.0. The molecule has 8 nitrogen and oxygen atoms in total. The van der Waals surface area contributed by atoms with E-state index in [0.717, 1.165) is 37.5 Å². The lowest BCUT2D eigenvalue weighted by Crippen LogP contribution is -2.47. The molecule has 1 aliphatic rings. The monoisotopic (exact) mass is 417 g/mol. The molecule has 1 heterocycles. The van der Waals surface area contributed by atoms with Crippen LogP contribution in [0.5, 0.6) is 0 Å². The first-order valence-electron chi connectivity index (χ1n) is 10.4. The number of nitrogens with zero attached hydrogens (tertiary/aromatic N) is 1. The summed E-state index contributed by atoms with van der Waals surface area (Å²) < 4.78 is 6.05. The van der Waals surface area contributed by atoms with Gasteiger partial charge in [0.25, 0.3) is 5.91 Å². The largest absolute Gasteiger partial charge is 0.377 e. The second-order valence-corrected chi connectivity index (χ2v) is 8.71. The zero-order valence-corrected chi connectivity index (χ0v) is 18.5. The maximum atomic E-state index is 11.9. The van der Waals surface area contributed by atoms with Crippen molar-refractivity contribution in [2.75, 3.05) is 26.7 Å². The van der Waals surface area contributed by atoms with E-state index in [1.165, 1.54) is 0 Å². The van der Waals surface area contributed by atoms with Gasteiger partial charge in [-0.15, -0.1) is 0 Å². The number of guanidine groups is 1. The molecule has 2 atom stereocenters. The van der Waals surface area contributed by atoms with Crippen LogP contribution in [0.15, 0.2) is 29.3 Å². The average molecular weight is 418 g/mol. The van der Waals surface area contributed by atoms with Gasteiger partial charge in [-0.3, -0.25) is 14.6 Å². The minimum absolute atomic E-state index is 0.106. The minimum Gasteiger partial charge on any atom is -0.377 e. The summed E-state index contributed by atoms with van der Waals surface area (Å²) in [6.45, 7) is 8.71. The molecule has 2 unspecified atom stereocenters. The van der Waals surface area contributed by atoms with E-state index in [0.29, 0.717) is 18.0 Å². The quantitative estimate of drug-likeness (QED) is 0.395. The van der Waals surface area contributed by atoms with E-state index in [4.69, 9.17) is 10.5 Å². The standard InChI is InChI=1S/C22H35N5O3/c1-22(2,3)19-17(6-5-11-30-19)13-27-21(24-4)26-12-15-7-9-16(10-8-15)20(29)25-14-18(23)28/h7-10,17,19H,5-6,11-14H2,1-4H3,(H2,23,28)(H,25,29)(H2,24,26,27). The Morgan fingerprint density at radius 3 is 2.47 bits per heavy atom. The van der Waals surface area contributed by atoms with Gasteiger partial charge < -0.3 is 26.4 Å². The smallest absolute Gasteiger partial charge is 0.251 e. The third kappa shape index (κ3) is 7.33. The Labute approximate surface area is 179 Å². The van der Waals surface area contributed by atoms with E-state index in [-0.39, 0.29) is 24.0 Å². The van der Waals surface area contributed by atoms with Crippen molar-refractivity contribution < 1.29 is 14.3 Å². The first-order valence-corrected chi connectivity index (χ1v) is 10.4. The van der Waals surface area contributed by atoms with Gasteiger partial charge in [-0.1, -0.05) is 32.9 Å². The number of hydrogen-bond donors (Lipinski definition) is 4. The van der Waals surface area contributed by atoms with Gasteiger partial charge in [0.05, 0.1) is 12.6 Å². The molecule has 0 aromatic heterocycles. The summed E-state index contributed by atoms with van der Waals surface area (Å²) in [6, 6.07) is 7.17. The van der Waals surface area contributed by atoms with Gasteiger partial charge in [0.15, 0.2) is 5.96 Å². The number of benzene rings is 1. The van der Waals surface area contributed by atoms with Crippen molar-refractivity contribution in [3.05, 3.63) is 35.4 Å². The van der Waals surface area contributed by atoms with E-state index in [2.05, 4.69) is 41.7 Å². The summed E-state index contributed by atoms with van der Waals surface area (Å²) in [4.78, 5) is 27.0. The predicted octanol–water partition coefficient (Wildman–Crippen LogP) is 1.41. The fourth-order valence-corrected chi connectivity index (χ4v) is 3.69. The van der Waals surface area contributed by atoms with E-state index >= 15 is 0 Å². The molecular formula is C22H35N5O3. The van der Waals surface area contributed by atoms with Crippen LogP contribution >= 0.6 is 0 Å². The van der Waals surface area contributed by atoms with Crippen molar-refractivity contribution in [3.8, 4) is 0 Å². The molecule has 0 radical (unpaired) electrons. The van der Waals surface area contributed by atoms with Crippen LogP contribution in [-0.4, -0.2) is 50.6 Å². The van der Waals surface area contributed by atoms with Crippen LogP contribution < -0.4 is 21.7 Å². The molecule has 1 aliphatic heterocycles. The summed E-state index contributed by atoms with van der Waals surface area (Å²) in [7, 11) is 1.75. The highest BCUT2D eigenvalue weighted by Gasteiger charge is 2.35. The predicted molar refractivity (Wildman–Crippen MR) is 118 cm³/mol. The van der Waals surface area contributed by atoms with Crippen LogP contribution in [0, 0.1) is 11.3 Å². The molecule has 30 heavy (non-hydrogen) atoms. The van der Waals surface area contributed by atoms with Gasteiger partial charge in [0, 0.05) is 38.2 Å². The van der Waals surface area contributed by atoms with E-state index in [1.807, 2.05) is 12.1 Å². The molecule has 166 valence electrons. The Hall–Kier alpha value is -2.61. The van der Waals surface area contributed by atoms with Crippen LogP contribution in [0.25, 0.3) is 0 Å². The third-order valence-electron chi connectivity index (χ3n) is 5.15. The average Bonchev–Trinajstić information content (AvgIpc) is 2.72. The van der Waals surface area contributed by atoms with Gasteiger partial charge >= 0.3 is 0 Å². The van der Waals surface area contributed by atoms with Gasteiger partial charge in [-0.25, -0.2) is 0 Å². The Morgan fingerprint density at radius 1 is 1.17 bits per heavy atom. The molecular weight excluding hydrogens is 382 g/mol. The maximum Gasteiger partial charge on any atom is 0.251 e. The number of nitrogens with one attached hydrogen (secondary N) is 3. The van der Waals surface area contributed by atoms with Crippen molar-refractivity contribution in [2.24, 2.45) is 22.1 Å². The summed E-state index contributed by atoms with van der Waals surface area (Å²) in [6.07, 6.45) is 2.46. The number of carbonyl (C=O) groups is 2. The summed E-state index contributed by atoms with van der Waals surface area (Å²) in [5.74, 6) is 0.276. The molecule has 0 spiro atoms. The zero-order chi connectivity index (χ0) is 22.1. The molecule has 1 aromatic rings. The van der Waals surface area contributed by atoms with Crippen LogP contribution in [0.2, 0.25) is 0 Å². The van der Waals surface area contributed by atoms with Gasteiger partial charge in [0.1, 0.15) is 0 Å². The van der Waals surface area contributed by atoms with E-state index in [1.54, 1.807) is 19.2 Å². The molecule has 1 fully saturated rings. The molecule has 0 aliphatic carbocycles. The Bertz CT molecular complexity index is 740. The second-order valence-electron chi connectivity index (χ2n) is 8.71. The summed E-state index contributed by atoms with van der Waals surface area (Å²) in [5, 5.41) is 9.19. The number of carbonyl (C=O) groups excluding carboxylic acids is 2. The first kappa shape index (κ1) is 23.7. The van der Waals surface area contributed by atoms with Crippen LogP contribution in [0.3, 0.4) is 0 Å². The molecule has 0 saturated carbocycles. The fraction of sp³-hybridized carbons (Fsp3) is 0.591. The van der Waals surface area contributed by atoms with Crippen molar-refractivity contribution >= 4 is 17.8 Å². The highest BCUT2D eigenvalue weighted by molar-refractivity contribution is 5.96. The number of ether oxygens (including phenoxy) is 1. The van der Waals surface area contributed by atoms with Crippen molar-refractivity contribution in [2.45, 2.75) is 46.3 Å². The lowest BCUT2D eigenvalue weighted by atomic mass is 9.78. The SMILES string of the molecule is CN=C(NCc1ccc(C(=O)NCC(N)=O)cc1)NCC1CCCOC1C(C)(C)C. The maximum absolute atomic E-state index is 11.9. The number of primary amides is 1. The van der Waals surface area contributed by atoms with Gasteiger partial charge in [-0.2, -0.15) is 0 Å². The molecule has 8 heteroatoms. The molecule has 2 rings (SSSR count). The summed E-state index contributed by atoms with van der Waals surface area (Å²) in [5.41, 5.74) is 6.64. The normalized spacial score (nSPS) is 19.8. The topological polar surface area (TPSA) is 118 Å². The number of nitrogens with two attached hydrogens (primary N) is 1. The number of hydrogen-bond acceptors (Lipinski definition) is 4. The first-order chi connectivity index (χ1) is 14.2. The number of amides is 2. The van der Waals surface area contributed by atoms with Crippen molar-refractivity contribution in [1.82, 2.24) is 16.0 Å². The molecule has 0 bridgehead atoms. The zero-order valence-electron chi connectivity index (χ0n) is 18.5. The lowest BCUT2D eigenvalue weighted by Gasteiger charge is -2.40. The van der Waals surface area contributed by atoms with Crippen molar-refractivity contribution in [3.63, 3.8) is 0 Å². The molecule has 1 aromatic carbocycles. The van der Waals surface area contributed by atoms with Crippen LogP contribution in [0.1, 0.15) is 49.5 Å². The fourth-order valence-electron chi connectivity index (χ4n) is 3.69. The molecule has 5 N–H and O–H groups in total. The third-order valence-corrected chi connectivity index (χ3v) is 5.15. The Morgan fingerprint density at radius 2 is 1.87 bits per heavy atom. The Kier molecular flexibility index (Phi) is 8.65. The minimum atomic E-state index is -0.573. The summed E-state index contributed by atoms with van der Waals surface area (Å²) >= 11 is 0.